The lowest BCUT2D eigenvalue weighted by molar-refractivity contribution is 0.306. The lowest BCUT2D eigenvalue weighted by atomic mass is 10.0. The molecular weight excluding hydrogens is 258 g/mol. The maximum absolute atomic E-state index is 5.88. The molecule has 0 saturated heterocycles. The summed E-state index contributed by atoms with van der Waals surface area (Å²) in [7, 11) is 0. The molecule has 0 bridgehead atoms. The van der Waals surface area contributed by atoms with Crippen molar-refractivity contribution in [2.75, 3.05) is 5.73 Å². The minimum atomic E-state index is 0.518. The van der Waals surface area contributed by atoms with Gasteiger partial charge in [0.2, 0.25) is 0 Å². The summed E-state index contributed by atoms with van der Waals surface area (Å²) in [6.45, 7) is 6.82. The summed E-state index contributed by atoms with van der Waals surface area (Å²) in [5.74, 6) is 0.670. The molecule has 2 nitrogen and oxygen atoms in total. The van der Waals surface area contributed by atoms with Crippen LogP contribution in [-0.4, -0.2) is 0 Å². The van der Waals surface area contributed by atoms with Crippen molar-refractivity contribution in [2.45, 2.75) is 27.4 Å². The van der Waals surface area contributed by atoms with E-state index in [1.165, 1.54) is 22.3 Å². The predicted molar refractivity (Wildman–Crippen MR) is 80.8 cm³/mol. The molecule has 2 aromatic rings. The Morgan fingerprint density at radius 1 is 1.05 bits per heavy atom. The normalized spacial score (nSPS) is 10.5. The fraction of sp³-hybridized carbons (Fsp3) is 0.250. The number of hydrogen-bond donors (Lipinski definition) is 1. The molecule has 0 atom stereocenters. The smallest absolute Gasteiger partial charge is 0.142 e. The first-order valence-corrected chi connectivity index (χ1v) is 6.59. The number of hydrogen-bond acceptors (Lipinski definition) is 2. The van der Waals surface area contributed by atoms with E-state index in [0.29, 0.717) is 23.1 Å². The van der Waals surface area contributed by atoms with Gasteiger partial charge in [-0.25, -0.2) is 0 Å². The number of anilines is 1. The minimum Gasteiger partial charge on any atom is -0.487 e. The molecule has 0 aliphatic rings. The first-order valence-electron chi connectivity index (χ1n) is 6.22. The number of nitrogen functional groups attached to an aromatic ring is 1. The van der Waals surface area contributed by atoms with E-state index >= 15 is 0 Å². The van der Waals surface area contributed by atoms with Gasteiger partial charge in [-0.3, -0.25) is 0 Å². The summed E-state index contributed by atoms with van der Waals surface area (Å²) in [6.07, 6.45) is 0. The maximum Gasteiger partial charge on any atom is 0.142 e. The van der Waals surface area contributed by atoms with Gasteiger partial charge < -0.3 is 10.5 Å². The van der Waals surface area contributed by atoms with E-state index in [2.05, 4.69) is 32.9 Å². The van der Waals surface area contributed by atoms with Crippen LogP contribution >= 0.6 is 11.6 Å². The number of rotatable bonds is 3. The van der Waals surface area contributed by atoms with Crippen LogP contribution in [0.5, 0.6) is 5.75 Å². The van der Waals surface area contributed by atoms with Crippen LogP contribution in [0.15, 0.2) is 30.3 Å². The number of aryl methyl sites for hydroxylation is 3. The fourth-order valence-corrected chi connectivity index (χ4v) is 2.42. The van der Waals surface area contributed by atoms with Crippen molar-refractivity contribution in [3.8, 4) is 5.75 Å². The summed E-state index contributed by atoms with van der Waals surface area (Å²) < 4.78 is 5.80. The lowest BCUT2D eigenvalue weighted by Crippen LogP contribution is -2.03. The van der Waals surface area contributed by atoms with Crippen molar-refractivity contribution in [2.24, 2.45) is 0 Å². The number of halogens is 1. The Morgan fingerprint density at radius 2 is 1.68 bits per heavy atom. The second kappa shape index (κ2) is 5.54. The number of ether oxygens (including phenoxy) is 1. The highest BCUT2D eigenvalue weighted by molar-refractivity contribution is 6.30. The number of benzene rings is 2. The molecule has 0 spiro atoms. The molecule has 2 rings (SSSR count). The third-order valence-electron chi connectivity index (χ3n) is 3.18. The maximum atomic E-state index is 5.88. The SMILES string of the molecule is Cc1cc(C)c(COc2ccc(Cl)cc2N)c(C)c1. The van der Waals surface area contributed by atoms with Crippen LogP contribution in [0.4, 0.5) is 5.69 Å². The summed E-state index contributed by atoms with van der Waals surface area (Å²) in [5.41, 5.74) is 11.4. The zero-order chi connectivity index (χ0) is 14.0. The molecule has 100 valence electrons. The fourth-order valence-electron chi connectivity index (χ4n) is 2.24. The first kappa shape index (κ1) is 13.8. The Hall–Kier alpha value is -1.67. The van der Waals surface area contributed by atoms with Gasteiger partial charge in [0.1, 0.15) is 12.4 Å². The van der Waals surface area contributed by atoms with E-state index in [1.807, 2.05) is 0 Å². The second-order valence-corrected chi connectivity index (χ2v) is 5.28. The van der Waals surface area contributed by atoms with Gasteiger partial charge in [-0.15, -0.1) is 0 Å². The molecule has 0 amide bonds. The standard InChI is InChI=1S/C16H18ClNO/c1-10-6-11(2)14(12(3)7-10)9-19-16-5-4-13(17)8-15(16)18/h4-8H,9,18H2,1-3H3. The summed E-state index contributed by atoms with van der Waals surface area (Å²) in [4.78, 5) is 0. The Labute approximate surface area is 119 Å². The van der Waals surface area contributed by atoms with Crippen molar-refractivity contribution >= 4 is 17.3 Å². The van der Waals surface area contributed by atoms with Gasteiger partial charge in [0.05, 0.1) is 5.69 Å². The average molecular weight is 276 g/mol. The van der Waals surface area contributed by atoms with Crippen molar-refractivity contribution in [1.82, 2.24) is 0 Å². The Morgan fingerprint density at radius 3 is 2.26 bits per heavy atom. The van der Waals surface area contributed by atoms with Crippen molar-refractivity contribution in [3.63, 3.8) is 0 Å². The Bertz CT molecular complexity index is 585. The van der Waals surface area contributed by atoms with E-state index in [9.17, 15) is 0 Å². The van der Waals surface area contributed by atoms with Crippen LogP contribution < -0.4 is 10.5 Å². The molecule has 2 N–H and O–H groups in total. The van der Waals surface area contributed by atoms with Crippen molar-refractivity contribution in [3.05, 3.63) is 57.6 Å². The van der Waals surface area contributed by atoms with Crippen LogP contribution in [0.25, 0.3) is 0 Å². The highest BCUT2D eigenvalue weighted by atomic mass is 35.5. The van der Waals surface area contributed by atoms with E-state index < -0.39 is 0 Å². The van der Waals surface area contributed by atoms with Gasteiger partial charge in [-0.1, -0.05) is 29.3 Å². The molecule has 2 aromatic carbocycles. The van der Waals surface area contributed by atoms with E-state index in [-0.39, 0.29) is 0 Å². The number of nitrogens with two attached hydrogens (primary N) is 1. The first-order chi connectivity index (χ1) is 8.97. The van der Waals surface area contributed by atoms with Gasteiger partial charge in [-0.05, 0) is 55.7 Å². The zero-order valence-electron chi connectivity index (χ0n) is 11.5. The predicted octanol–water partition coefficient (Wildman–Crippen LogP) is 4.43. The largest absolute Gasteiger partial charge is 0.487 e. The summed E-state index contributed by atoms with van der Waals surface area (Å²) >= 11 is 5.87. The van der Waals surface area contributed by atoms with Crippen LogP contribution in [-0.2, 0) is 6.61 Å². The highest BCUT2D eigenvalue weighted by Crippen LogP contribution is 2.26. The average Bonchev–Trinajstić information content (AvgIpc) is 2.30. The van der Waals surface area contributed by atoms with Gasteiger partial charge in [0.25, 0.3) is 0 Å². The molecule has 0 radical (unpaired) electrons. The van der Waals surface area contributed by atoms with E-state index in [4.69, 9.17) is 22.1 Å². The molecule has 0 fully saturated rings. The highest BCUT2D eigenvalue weighted by Gasteiger charge is 2.06. The molecule has 0 saturated carbocycles. The van der Waals surface area contributed by atoms with E-state index in [0.717, 1.165) is 0 Å². The molecule has 0 aromatic heterocycles. The van der Waals surface area contributed by atoms with Crippen LogP contribution in [0.1, 0.15) is 22.3 Å². The van der Waals surface area contributed by atoms with Gasteiger partial charge in [-0.2, -0.15) is 0 Å². The lowest BCUT2D eigenvalue weighted by Gasteiger charge is -2.14. The molecule has 0 aliphatic heterocycles. The summed E-state index contributed by atoms with van der Waals surface area (Å²) in [5, 5.41) is 0.618. The van der Waals surface area contributed by atoms with Crippen LogP contribution in [0.3, 0.4) is 0 Å². The van der Waals surface area contributed by atoms with Crippen LogP contribution in [0, 0.1) is 20.8 Å². The molecular formula is C16H18ClNO. The van der Waals surface area contributed by atoms with Gasteiger partial charge in [0, 0.05) is 5.02 Å². The monoisotopic (exact) mass is 275 g/mol. The van der Waals surface area contributed by atoms with Crippen molar-refractivity contribution in [1.29, 1.82) is 0 Å². The Balaban J connectivity index is 2.19. The molecule has 19 heavy (non-hydrogen) atoms. The third-order valence-corrected chi connectivity index (χ3v) is 3.42. The molecule has 0 unspecified atom stereocenters. The van der Waals surface area contributed by atoms with Crippen molar-refractivity contribution < 1.29 is 4.74 Å². The second-order valence-electron chi connectivity index (χ2n) is 4.85. The molecule has 0 aliphatic carbocycles. The minimum absolute atomic E-state index is 0.518. The zero-order valence-corrected chi connectivity index (χ0v) is 12.2. The third kappa shape index (κ3) is 3.21. The van der Waals surface area contributed by atoms with E-state index in [1.54, 1.807) is 18.2 Å². The van der Waals surface area contributed by atoms with Gasteiger partial charge >= 0.3 is 0 Å². The topological polar surface area (TPSA) is 35.2 Å². The molecule has 3 heteroatoms. The van der Waals surface area contributed by atoms with Gasteiger partial charge in [0.15, 0.2) is 0 Å². The molecule has 0 heterocycles. The quantitative estimate of drug-likeness (QED) is 0.841. The Kier molecular flexibility index (Phi) is 4.01. The van der Waals surface area contributed by atoms with Crippen LogP contribution in [0.2, 0.25) is 5.02 Å². The summed E-state index contributed by atoms with van der Waals surface area (Å²) in [6, 6.07) is 9.61.